The van der Waals surface area contributed by atoms with Crippen LogP contribution in [0.25, 0.3) is 0 Å². The molecule has 8 atom stereocenters. The Morgan fingerprint density at radius 1 is 1.07 bits per heavy atom. The van der Waals surface area contributed by atoms with E-state index in [1.54, 1.807) is 0 Å². The number of ether oxygens (including phenoxy) is 1. The van der Waals surface area contributed by atoms with Gasteiger partial charge in [-0.3, -0.25) is 4.79 Å². The van der Waals surface area contributed by atoms with Crippen molar-refractivity contribution in [1.82, 2.24) is 0 Å². The van der Waals surface area contributed by atoms with Crippen LogP contribution >= 0.6 is 0 Å². The molecular weight excluding hydrogens is 342 g/mol. The van der Waals surface area contributed by atoms with E-state index in [0.717, 1.165) is 44.1 Å². The highest BCUT2D eigenvalue weighted by molar-refractivity contribution is 5.99. The Balaban J connectivity index is 1.68. The summed E-state index contributed by atoms with van der Waals surface area (Å²) in [4.78, 5) is 24.6. The van der Waals surface area contributed by atoms with Gasteiger partial charge < -0.3 is 10.5 Å². The minimum atomic E-state index is -0.831. The molecule has 3 fully saturated rings. The Hall–Kier alpha value is -0.750. The summed E-state index contributed by atoms with van der Waals surface area (Å²) in [5.41, 5.74) is 6.93. The van der Waals surface area contributed by atoms with E-state index in [-0.39, 0.29) is 36.4 Å². The van der Waals surface area contributed by atoms with Gasteiger partial charge in [-0.25, -0.2) is 9.78 Å². The fraction of sp³-hybridized carbons (Fsp3) is 0.864. The Morgan fingerprint density at radius 2 is 1.85 bits per heavy atom. The number of carbonyl (C=O) groups excluding carboxylic acids is 1. The SMILES string of the molecule is CC1CCCCC(C)C(=O)C2=CC3C4CCCC4OC(C)C3C2(N)COO1. The molecule has 0 aromatic rings. The molecule has 2 heterocycles. The van der Waals surface area contributed by atoms with Gasteiger partial charge in [0.1, 0.15) is 6.61 Å². The summed E-state index contributed by atoms with van der Waals surface area (Å²) in [5.74, 6) is 1.06. The molecular formula is C22H35NO4. The molecule has 0 spiro atoms. The van der Waals surface area contributed by atoms with Crippen molar-refractivity contribution in [3.05, 3.63) is 11.6 Å². The van der Waals surface area contributed by atoms with Crippen LogP contribution in [0.4, 0.5) is 0 Å². The van der Waals surface area contributed by atoms with Crippen LogP contribution in [0, 0.1) is 23.7 Å². The summed E-state index contributed by atoms with van der Waals surface area (Å²) >= 11 is 0. The van der Waals surface area contributed by atoms with E-state index in [9.17, 15) is 4.79 Å². The fourth-order valence-corrected chi connectivity index (χ4v) is 6.08. The summed E-state index contributed by atoms with van der Waals surface area (Å²) in [7, 11) is 0. The highest BCUT2D eigenvalue weighted by Crippen LogP contribution is 2.53. The first-order valence-electron chi connectivity index (χ1n) is 10.9. The van der Waals surface area contributed by atoms with Gasteiger partial charge in [0.2, 0.25) is 0 Å². The zero-order chi connectivity index (χ0) is 19.2. The predicted molar refractivity (Wildman–Crippen MR) is 103 cm³/mol. The van der Waals surface area contributed by atoms with Crippen molar-refractivity contribution in [3.63, 3.8) is 0 Å². The van der Waals surface area contributed by atoms with E-state index in [2.05, 4.69) is 19.9 Å². The Morgan fingerprint density at radius 3 is 2.67 bits per heavy atom. The second-order valence-electron chi connectivity index (χ2n) is 9.42. The zero-order valence-electron chi connectivity index (χ0n) is 17.0. The third-order valence-electron chi connectivity index (χ3n) is 7.50. The summed E-state index contributed by atoms with van der Waals surface area (Å²) in [5, 5.41) is 0. The highest BCUT2D eigenvalue weighted by Gasteiger charge is 2.59. The average Bonchev–Trinajstić information content (AvgIpc) is 3.20. The van der Waals surface area contributed by atoms with E-state index in [1.807, 2.05) is 6.92 Å². The summed E-state index contributed by atoms with van der Waals surface area (Å²) < 4.78 is 6.37. The molecule has 5 nitrogen and oxygen atoms in total. The maximum Gasteiger partial charge on any atom is 0.163 e. The molecule has 152 valence electrons. The monoisotopic (exact) mass is 377 g/mol. The number of fused-ring (bicyclic) bond motifs is 5. The number of hydrogen-bond acceptors (Lipinski definition) is 5. The molecule has 4 aliphatic rings. The van der Waals surface area contributed by atoms with Crippen molar-refractivity contribution in [3.8, 4) is 0 Å². The highest BCUT2D eigenvalue weighted by atomic mass is 17.2. The molecule has 4 rings (SSSR count). The summed E-state index contributed by atoms with van der Waals surface area (Å²) in [6.07, 6.45) is 10.0. The molecule has 0 amide bonds. The number of hydrogen-bond donors (Lipinski definition) is 1. The average molecular weight is 378 g/mol. The Bertz CT molecular complexity index is 605. The van der Waals surface area contributed by atoms with Gasteiger partial charge in [-0.2, -0.15) is 0 Å². The molecule has 27 heavy (non-hydrogen) atoms. The lowest BCUT2D eigenvalue weighted by Crippen LogP contribution is -2.60. The van der Waals surface area contributed by atoms with Crippen molar-refractivity contribution < 1.29 is 19.3 Å². The van der Waals surface area contributed by atoms with Crippen molar-refractivity contribution in [2.24, 2.45) is 29.4 Å². The lowest BCUT2D eigenvalue weighted by atomic mass is 9.69. The van der Waals surface area contributed by atoms with Crippen LogP contribution in [0.3, 0.4) is 0 Å². The molecule has 0 radical (unpaired) electrons. The van der Waals surface area contributed by atoms with Gasteiger partial charge in [-0.05, 0) is 51.4 Å². The van der Waals surface area contributed by atoms with Crippen LogP contribution in [0.1, 0.15) is 65.7 Å². The van der Waals surface area contributed by atoms with Crippen molar-refractivity contribution in [1.29, 1.82) is 0 Å². The van der Waals surface area contributed by atoms with Gasteiger partial charge in [0.15, 0.2) is 5.78 Å². The summed E-state index contributed by atoms with van der Waals surface area (Å²) in [6, 6.07) is 0. The number of allylic oxidation sites excluding steroid dienone is 1. The quantitative estimate of drug-likeness (QED) is 0.654. The number of ketones is 1. The Labute approximate surface area is 162 Å². The van der Waals surface area contributed by atoms with Crippen LogP contribution in [0.5, 0.6) is 0 Å². The van der Waals surface area contributed by atoms with Gasteiger partial charge >= 0.3 is 0 Å². The largest absolute Gasteiger partial charge is 0.375 e. The van der Waals surface area contributed by atoms with Crippen LogP contribution in [-0.2, 0) is 19.3 Å². The molecule has 2 aliphatic carbocycles. The van der Waals surface area contributed by atoms with E-state index >= 15 is 0 Å². The molecule has 2 saturated heterocycles. The van der Waals surface area contributed by atoms with E-state index < -0.39 is 5.54 Å². The van der Waals surface area contributed by atoms with Crippen LogP contribution < -0.4 is 5.73 Å². The topological polar surface area (TPSA) is 70.8 Å². The first-order chi connectivity index (χ1) is 12.9. The minimum absolute atomic E-state index is 0.00517. The van der Waals surface area contributed by atoms with Crippen LogP contribution in [0.15, 0.2) is 11.6 Å². The second-order valence-corrected chi connectivity index (χ2v) is 9.42. The van der Waals surface area contributed by atoms with Gasteiger partial charge in [-0.15, -0.1) is 0 Å². The second kappa shape index (κ2) is 7.58. The molecule has 0 aromatic heterocycles. The van der Waals surface area contributed by atoms with Crippen molar-refractivity contribution in [2.75, 3.05) is 6.61 Å². The first kappa shape index (κ1) is 19.6. The standard InChI is InChI=1S/C22H35NO4/c1-13-7-4-5-8-14(2)27-25-12-22(23)18(21(13)24)11-17-16-9-6-10-19(16)26-15(3)20(17)22/h11,13-17,19-20H,4-10,12,23H2,1-3H3. The maximum absolute atomic E-state index is 13.4. The lowest BCUT2D eigenvalue weighted by Gasteiger charge is -2.46. The number of Topliss-reactive ketones (excluding diaryl/α,β-unsaturated/α-hetero) is 1. The third kappa shape index (κ3) is 3.41. The minimum Gasteiger partial charge on any atom is -0.375 e. The van der Waals surface area contributed by atoms with Gasteiger partial charge in [0.25, 0.3) is 0 Å². The zero-order valence-corrected chi connectivity index (χ0v) is 17.0. The normalized spacial score (nSPS) is 48.7. The van der Waals surface area contributed by atoms with E-state index in [1.165, 1.54) is 6.42 Å². The fourth-order valence-electron chi connectivity index (χ4n) is 6.08. The summed E-state index contributed by atoms with van der Waals surface area (Å²) in [6.45, 7) is 6.42. The lowest BCUT2D eigenvalue weighted by molar-refractivity contribution is -0.331. The molecule has 2 N–H and O–H groups in total. The van der Waals surface area contributed by atoms with Gasteiger partial charge in [0, 0.05) is 17.4 Å². The van der Waals surface area contributed by atoms with Crippen molar-refractivity contribution >= 4 is 5.78 Å². The van der Waals surface area contributed by atoms with Gasteiger partial charge in [-0.1, -0.05) is 32.3 Å². The molecule has 0 bridgehead atoms. The van der Waals surface area contributed by atoms with E-state index in [4.69, 9.17) is 20.2 Å². The predicted octanol–water partition coefficient (Wildman–Crippen LogP) is 3.56. The molecule has 5 heteroatoms. The number of nitrogens with two attached hydrogens (primary N) is 1. The number of rotatable bonds is 0. The molecule has 1 saturated carbocycles. The third-order valence-corrected chi connectivity index (χ3v) is 7.50. The molecule has 2 aliphatic heterocycles. The van der Waals surface area contributed by atoms with Crippen LogP contribution in [0.2, 0.25) is 0 Å². The smallest absolute Gasteiger partial charge is 0.163 e. The van der Waals surface area contributed by atoms with E-state index in [0.29, 0.717) is 17.9 Å². The maximum atomic E-state index is 13.4. The van der Waals surface area contributed by atoms with Gasteiger partial charge in [0.05, 0.1) is 23.9 Å². The molecule has 8 unspecified atom stereocenters. The number of carbonyl (C=O) groups is 1. The first-order valence-corrected chi connectivity index (χ1v) is 10.9. The van der Waals surface area contributed by atoms with Crippen LogP contribution in [-0.4, -0.2) is 36.2 Å². The Kier molecular flexibility index (Phi) is 5.49. The van der Waals surface area contributed by atoms with Crippen molar-refractivity contribution in [2.45, 2.75) is 89.6 Å². The molecule has 0 aromatic carbocycles.